The van der Waals surface area contributed by atoms with Crippen molar-refractivity contribution in [3.05, 3.63) is 29.8 Å². The predicted octanol–water partition coefficient (Wildman–Crippen LogP) is 2.34. The van der Waals surface area contributed by atoms with Gasteiger partial charge in [-0.2, -0.15) is 0 Å². The zero-order valence-electron chi connectivity index (χ0n) is 11.2. The van der Waals surface area contributed by atoms with Gasteiger partial charge in [0.25, 0.3) is 0 Å². The highest BCUT2D eigenvalue weighted by molar-refractivity contribution is 5.48. The van der Waals surface area contributed by atoms with Gasteiger partial charge in [0.2, 0.25) is 0 Å². The number of benzene rings is 1. The van der Waals surface area contributed by atoms with Crippen LogP contribution in [0.15, 0.2) is 24.3 Å². The van der Waals surface area contributed by atoms with Gasteiger partial charge in [-0.05, 0) is 36.5 Å². The van der Waals surface area contributed by atoms with Crippen molar-refractivity contribution in [2.75, 3.05) is 18.0 Å². The number of anilines is 1. The Morgan fingerprint density at radius 3 is 2.56 bits per heavy atom. The van der Waals surface area contributed by atoms with Crippen molar-refractivity contribution in [3.8, 4) is 0 Å². The normalized spacial score (nSPS) is 26.1. The van der Waals surface area contributed by atoms with Crippen LogP contribution in [0.2, 0.25) is 0 Å². The minimum atomic E-state index is -0.369. The lowest BCUT2D eigenvalue weighted by molar-refractivity contribution is 0.103. The first-order chi connectivity index (χ1) is 8.61. The van der Waals surface area contributed by atoms with E-state index in [2.05, 4.69) is 11.8 Å². The van der Waals surface area contributed by atoms with E-state index >= 15 is 0 Å². The van der Waals surface area contributed by atoms with E-state index in [4.69, 9.17) is 0 Å². The minimum Gasteiger partial charge on any atom is -0.391 e. The highest BCUT2D eigenvalue weighted by atomic mass is 16.3. The molecular weight excluding hydrogens is 226 g/mol. The van der Waals surface area contributed by atoms with Crippen LogP contribution in [0.3, 0.4) is 0 Å². The molecule has 1 heterocycles. The zero-order valence-corrected chi connectivity index (χ0v) is 11.2. The molecule has 0 spiro atoms. The van der Waals surface area contributed by atoms with E-state index in [0.717, 1.165) is 30.6 Å². The summed E-state index contributed by atoms with van der Waals surface area (Å²) in [5.74, 6) is 0.391. The molecular formula is C15H23NO2. The van der Waals surface area contributed by atoms with E-state index in [-0.39, 0.29) is 12.2 Å². The Hall–Kier alpha value is -1.06. The van der Waals surface area contributed by atoms with Crippen LogP contribution in [-0.4, -0.2) is 29.4 Å². The Labute approximate surface area is 109 Å². The fourth-order valence-corrected chi connectivity index (χ4v) is 2.43. The van der Waals surface area contributed by atoms with E-state index in [1.165, 1.54) is 0 Å². The molecule has 3 heteroatoms. The third kappa shape index (κ3) is 2.85. The van der Waals surface area contributed by atoms with E-state index in [1.54, 1.807) is 0 Å². The minimum absolute atomic E-state index is 0.236. The highest BCUT2D eigenvalue weighted by Crippen LogP contribution is 2.25. The average molecular weight is 249 g/mol. The number of aliphatic hydroxyl groups is 2. The monoisotopic (exact) mass is 249 g/mol. The van der Waals surface area contributed by atoms with Gasteiger partial charge in [0.15, 0.2) is 0 Å². The van der Waals surface area contributed by atoms with Gasteiger partial charge in [0, 0.05) is 18.8 Å². The van der Waals surface area contributed by atoms with Gasteiger partial charge < -0.3 is 15.1 Å². The van der Waals surface area contributed by atoms with Gasteiger partial charge in [-0.25, -0.2) is 0 Å². The maximum absolute atomic E-state index is 9.91. The van der Waals surface area contributed by atoms with Crippen LogP contribution in [0.4, 0.5) is 5.69 Å². The predicted molar refractivity (Wildman–Crippen MR) is 73.7 cm³/mol. The van der Waals surface area contributed by atoms with Gasteiger partial charge >= 0.3 is 0 Å². The SMILES string of the molecule is CC[C@H](O)c1ccc(N2CCC(C)C(O)C2)cc1. The molecule has 1 aromatic carbocycles. The number of hydrogen-bond acceptors (Lipinski definition) is 3. The lowest BCUT2D eigenvalue weighted by Gasteiger charge is -2.36. The summed E-state index contributed by atoms with van der Waals surface area (Å²) in [4.78, 5) is 2.22. The Kier molecular flexibility index (Phi) is 4.25. The number of piperidine rings is 1. The molecule has 1 aliphatic heterocycles. The zero-order chi connectivity index (χ0) is 13.1. The molecule has 2 N–H and O–H groups in total. The molecule has 100 valence electrons. The van der Waals surface area contributed by atoms with Crippen molar-refractivity contribution in [1.29, 1.82) is 0 Å². The summed E-state index contributed by atoms with van der Waals surface area (Å²) < 4.78 is 0. The average Bonchev–Trinajstić information content (AvgIpc) is 2.41. The molecule has 1 fully saturated rings. The molecule has 2 unspecified atom stereocenters. The van der Waals surface area contributed by atoms with E-state index in [9.17, 15) is 10.2 Å². The van der Waals surface area contributed by atoms with Crippen molar-refractivity contribution >= 4 is 5.69 Å². The van der Waals surface area contributed by atoms with Crippen LogP contribution in [0, 0.1) is 5.92 Å². The molecule has 0 aliphatic carbocycles. The summed E-state index contributed by atoms with van der Waals surface area (Å²) in [6, 6.07) is 8.04. The molecule has 1 aromatic rings. The van der Waals surface area contributed by atoms with Crippen molar-refractivity contribution < 1.29 is 10.2 Å². The first-order valence-corrected chi connectivity index (χ1v) is 6.83. The molecule has 18 heavy (non-hydrogen) atoms. The highest BCUT2D eigenvalue weighted by Gasteiger charge is 2.24. The lowest BCUT2D eigenvalue weighted by Crippen LogP contribution is -2.42. The van der Waals surface area contributed by atoms with Crippen LogP contribution in [0.1, 0.15) is 38.4 Å². The van der Waals surface area contributed by atoms with Crippen LogP contribution < -0.4 is 4.90 Å². The number of β-amino-alcohol motifs (C(OH)–C–C–N with tert-alkyl or cyclic N) is 1. The molecule has 3 atom stereocenters. The molecule has 0 aromatic heterocycles. The summed E-state index contributed by atoms with van der Waals surface area (Å²) >= 11 is 0. The molecule has 0 saturated carbocycles. The first-order valence-electron chi connectivity index (χ1n) is 6.83. The summed E-state index contributed by atoms with van der Waals surface area (Å²) in [5.41, 5.74) is 2.10. The van der Waals surface area contributed by atoms with Gasteiger partial charge in [0.05, 0.1) is 12.2 Å². The Bertz CT molecular complexity index is 377. The van der Waals surface area contributed by atoms with E-state index in [1.807, 2.05) is 31.2 Å². The molecule has 0 amide bonds. The van der Waals surface area contributed by atoms with Crippen molar-refractivity contribution in [1.82, 2.24) is 0 Å². The smallest absolute Gasteiger partial charge is 0.0787 e. The van der Waals surface area contributed by atoms with Crippen LogP contribution in [-0.2, 0) is 0 Å². The van der Waals surface area contributed by atoms with E-state index in [0.29, 0.717) is 12.5 Å². The number of rotatable bonds is 3. The Morgan fingerprint density at radius 1 is 1.33 bits per heavy atom. The fraction of sp³-hybridized carbons (Fsp3) is 0.600. The van der Waals surface area contributed by atoms with Crippen molar-refractivity contribution in [3.63, 3.8) is 0 Å². The summed E-state index contributed by atoms with van der Waals surface area (Å²) in [5, 5.41) is 19.7. The number of nitrogens with zero attached hydrogens (tertiary/aromatic N) is 1. The van der Waals surface area contributed by atoms with Gasteiger partial charge in [-0.1, -0.05) is 26.0 Å². The van der Waals surface area contributed by atoms with Crippen molar-refractivity contribution in [2.24, 2.45) is 5.92 Å². The summed E-state index contributed by atoms with van der Waals surface area (Å²) in [6.07, 6.45) is 1.16. The molecule has 1 aliphatic rings. The maximum atomic E-state index is 9.91. The number of hydrogen-bond donors (Lipinski definition) is 2. The Balaban J connectivity index is 2.06. The van der Waals surface area contributed by atoms with E-state index < -0.39 is 0 Å². The van der Waals surface area contributed by atoms with Crippen LogP contribution >= 0.6 is 0 Å². The second-order valence-electron chi connectivity index (χ2n) is 5.29. The molecule has 3 nitrogen and oxygen atoms in total. The largest absolute Gasteiger partial charge is 0.391 e. The van der Waals surface area contributed by atoms with Gasteiger partial charge in [-0.15, -0.1) is 0 Å². The third-order valence-corrected chi connectivity index (χ3v) is 3.95. The summed E-state index contributed by atoms with van der Waals surface area (Å²) in [6.45, 7) is 5.77. The second-order valence-corrected chi connectivity index (χ2v) is 5.29. The van der Waals surface area contributed by atoms with Crippen molar-refractivity contribution in [2.45, 2.75) is 38.9 Å². The Morgan fingerprint density at radius 2 is 2.00 bits per heavy atom. The maximum Gasteiger partial charge on any atom is 0.0787 e. The number of aliphatic hydroxyl groups excluding tert-OH is 2. The lowest BCUT2D eigenvalue weighted by atomic mass is 9.95. The van der Waals surface area contributed by atoms with Gasteiger partial charge in [-0.3, -0.25) is 0 Å². The second kappa shape index (κ2) is 5.72. The van der Waals surface area contributed by atoms with Crippen LogP contribution in [0.5, 0.6) is 0 Å². The van der Waals surface area contributed by atoms with Gasteiger partial charge in [0.1, 0.15) is 0 Å². The standard InChI is InChI=1S/C15H23NO2/c1-3-14(17)12-4-6-13(7-5-12)16-9-8-11(2)15(18)10-16/h4-7,11,14-15,17-18H,3,8-10H2,1-2H3/t11?,14-,15?/m0/s1. The molecule has 2 rings (SSSR count). The van der Waals surface area contributed by atoms with Crippen LogP contribution in [0.25, 0.3) is 0 Å². The molecule has 0 bridgehead atoms. The quantitative estimate of drug-likeness (QED) is 0.864. The summed E-state index contributed by atoms with van der Waals surface area (Å²) in [7, 11) is 0. The third-order valence-electron chi connectivity index (χ3n) is 3.95. The molecule has 0 radical (unpaired) electrons. The fourth-order valence-electron chi connectivity index (χ4n) is 2.43. The molecule has 1 saturated heterocycles. The first kappa shape index (κ1) is 13.4. The topological polar surface area (TPSA) is 43.7 Å².